The number of carbonyl (C=O) groups is 1. The molecule has 1 aliphatic heterocycles. The average molecular weight is 485 g/mol. The number of carbonyl (C=O) groups excluding carboxylic acids is 1. The molecule has 0 spiro atoms. The predicted molar refractivity (Wildman–Crippen MR) is 136 cm³/mol. The summed E-state index contributed by atoms with van der Waals surface area (Å²) in [6.45, 7) is 1.87. The molecule has 0 bridgehead atoms. The van der Waals surface area contributed by atoms with Gasteiger partial charge in [0, 0.05) is 23.8 Å². The van der Waals surface area contributed by atoms with Crippen LogP contribution in [-0.4, -0.2) is 32.8 Å². The third-order valence-corrected chi connectivity index (χ3v) is 6.55. The highest BCUT2D eigenvalue weighted by molar-refractivity contribution is 7.98. The number of fused-ring (bicyclic) bond motifs is 1. The Morgan fingerprint density at radius 2 is 1.91 bits per heavy atom. The van der Waals surface area contributed by atoms with Crippen molar-refractivity contribution < 1.29 is 9.53 Å². The van der Waals surface area contributed by atoms with E-state index in [1.807, 2.05) is 49.4 Å². The smallest absolute Gasteiger partial charge is 0.255 e. The van der Waals surface area contributed by atoms with Crippen LogP contribution in [0.4, 0.5) is 11.6 Å². The molecular weight excluding hydrogens is 460 g/mol. The molecule has 0 unspecified atom stereocenters. The van der Waals surface area contributed by atoms with Gasteiger partial charge in [0.15, 0.2) is 0 Å². The maximum Gasteiger partial charge on any atom is 0.255 e. The van der Waals surface area contributed by atoms with Crippen LogP contribution >= 0.6 is 11.8 Å². The molecule has 8 nitrogen and oxygen atoms in total. The maximum absolute atomic E-state index is 13.6. The third-order valence-electron chi connectivity index (χ3n) is 5.64. The molecule has 2 aromatic heterocycles. The molecule has 35 heavy (non-hydrogen) atoms. The number of amides is 1. The summed E-state index contributed by atoms with van der Waals surface area (Å²) < 4.78 is 7.17. The highest BCUT2D eigenvalue weighted by atomic mass is 32.2. The summed E-state index contributed by atoms with van der Waals surface area (Å²) in [5.74, 6) is 1.66. The second-order valence-electron chi connectivity index (χ2n) is 7.94. The maximum atomic E-state index is 13.6. The topological polar surface area (TPSA) is 94.0 Å². The lowest BCUT2D eigenvalue weighted by molar-refractivity contribution is -0.113. The minimum Gasteiger partial charge on any atom is -0.495 e. The summed E-state index contributed by atoms with van der Waals surface area (Å²) in [4.78, 5) is 22.6. The second-order valence-corrected chi connectivity index (χ2v) is 8.89. The van der Waals surface area contributed by atoms with Crippen molar-refractivity contribution in [2.45, 2.75) is 23.9 Å². The molecule has 2 N–H and O–H groups in total. The number of nitrogens with zero attached hydrogens (tertiary/aromatic N) is 4. The number of pyridine rings is 1. The van der Waals surface area contributed by atoms with Gasteiger partial charge in [-0.2, -0.15) is 4.98 Å². The Hall–Kier alpha value is -4.11. The van der Waals surface area contributed by atoms with Crippen molar-refractivity contribution >= 4 is 29.3 Å². The van der Waals surface area contributed by atoms with Gasteiger partial charge in [0.05, 0.1) is 18.4 Å². The van der Waals surface area contributed by atoms with Gasteiger partial charge in [0.25, 0.3) is 5.91 Å². The van der Waals surface area contributed by atoms with Crippen molar-refractivity contribution in [2.75, 3.05) is 17.7 Å². The van der Waals surface area contributed by atoms with Gasteiger partial charge in [-0.25, -0.2) is 4.68 Å². The molecule has 0 saturated heterocycles. The van der Waals surface area contributed by atoms with E-state index < -0.39 is 6.04 Å². The minimum atomic E-state index is -0.492. The number of anilines is 2. The Kier molecular flexibility index (Phi) is 6.49. The van der Waals surface area contributed by atoms with Crippen LogP contribution in [0.2, 0.25) is 0 Å². The van der Waals surface area contributed by atoms with E-state index in [0.29, 0.717) is 33.8 Å². The van der Waals surface area contributed by atoms with Gasteiger partial charge in [-0.15, -0.1) is 5.10 Å². The number of benzene rings is 2. The largest absolute Gasteiger partial charge is 0.495 e. The quantitative estimate of drug-likeness (QED) is 0.360. The second kappa shape index (κ2) is 10.0. The third kappa shape index (κ3) is 4.76. The van der Waals surface area contributed by atoms with Gasteiger partial charge < -0.3 is 15.4 Å². The Balaban J connectivity index is 1.48. The van der Waals surface area contributed by atoms with Gasteiger partial charge in [0.2, 0.25) is 11.1 Å². The lowest BCUT2D eigenvalue weighted by Gasteiger charge is -2.28. The van der Waals surface area contributed by atoms with Crippen LogP contribution in [0, 0.1) is 0 Å². The molecule has 1 aliphatic rings. The Labute approximate surface area is 207 Å². The van der Waals surface area contributed by atoms with E-state index in [1.165, 1.54) is 5.56 Å². The summed E-state index contributed by atoms with van der Waals surface area (Å²) in [5, 5.41) is 11.7. The first kappa shape index (κ1) is 22.7. The number of para-hydroxylation sites is 2. The summed E-state index contributed by atoms with van der Waals surface area (Å²) in [7, 11) is 1.58. The number of allylic oxidation sites excluding steroid dienone is 1. The summed E-state index contributed by atoms with van der Waals surface area (Å²) in [6.07, 6.45) is 3.46. The fraction of sp³-hybridized carbons (Fsp3) is 0.154. The Morgan fingerprint density at radius 3 is 2.69 bits per heavy atom. The van der Waals surface area contributed by atoms with E-state index >= 15 is 0 Å². The average Bonchev–Trinajstić information content (AvgIpc) is 3.30. The van der Waals surface area contributed by atoms with Gasteiger partial charge in [-0.1, -0.05) is 60.3 Å². The van der Waals surface area contributed by atoms with Crippen molar-refractivity contribution in [2.24, 2.45) is 0 Å². The molecular formula is C26H24N6O2S. The SMILES string of the molecule is COc1ccccc1NC(=O)C1=C(C)Nc2nc(SCc3ccccc3)nn2[C@H]1c1cccnc1. The molecule has 2 aromatic carbocycles. The number of rotatable bonds is 7. The number of hydrogen-bond acceptors (Lipinski definition) is 7. The molecule has 0 fully saturated rings. The zero-order valence-corrected chi connectivity index (χ0v) is 20.1. The van der Waals surface area contributed by atoms with Gasteiger partial charge in [-0.05, 0) is 36.2 Å². The molecule has 1 atom stereocenters. The van der Waals surface area contributed by atoms with Gasteiger partial charge in [0.1, 0.15) is 11.8 Å². The lowest BCUT2D eigenvalue weighted by atomic mass is 9.96. The molecule has 3 heterocycles. The molecule has 9 heteroatoms. The van der Waals surface area contributed by atoms with E-state index in [4.69, 9.17) is 14.8 Å². The van der Waals surface area contributed by atoms with E-state index in [2.05, 4.69) is 27.8 Å². The Bertz CT molecular complexity index is 1370. The van der Waals surface area contributed by atoms with Crippen LogP contribution < -0.4 is 15.4 Å². The molecule has 4 aromatic rings. The summed E-state index contributed by atoms with van der Waals surface area (Å²) in [6, 6.07) is 20.8. The highest BCUT2D eigenvalue weighted by Crippen LogP contribution is 2.37. The normalized spacial score (nSPS) is 14.7. The number of hydrogen-bond donors (Lipinski definition) is 2. The predicted octanol–water partition coefficient (Wildman–Crippen LogP) is 4.90. The van der Waals surface area contributed by atoms with E-state index in [0.717, 1.165) is 11.3 Å². The van der Waals surface area contributed by atoms with Crippen molar-refractivity contribution in [1.29, 1.82) is 0 Å². The number of ether oxygens (including phenoxy) is 1. The molecule has 1 amide bonds. The molecule has 0 saturated carbocycles. The first-order valence-corrected chi connectivity index (χ1v) is 12.1. The van der Waals surface area contributed by atoms with Crippen LogP contribution in [0.3, 0.4) is 0 Å². The fourth-order valence-electron chi connectivity index (χ4n) is 3.99. The van der Waals surface area contributed by atoms with E-state index in [1.54, 1.807) is 48.1 Å². The minimum absolute atomic E-state index is 0.256. The van der Waals surface area contributed by atoms with Crippen LogP contribution in [0.5, 0.6) is 5.75 Å². The monoisotopic (exact) mass is 484 g/mol. The van der Waals surface area contributed by atoms with Crippen molar-refractivity contribution in [3.63, 3.8) is 0 Å². The lowest BCUT2D eigenvalue weighted by Crippen LogP contribution is -2.31. The van der Waals surface area contributed by atoms with Gasteiger partial charge in [-0.3, -0.25) is 9.78 Å². The molecule has 5 rings (SSSR count). The number of nitrogens with one attached hydrogen (secondary N) is 2. The van der Waals surface area contributed by atoms with Crippen molar-refractivity contribution in [1.82, 2.24) is 19.7 Å². The highest BCUT2D eigenvalue weighted by Gasteiger charge is 2.34. The van der Waals surface area contributed by atoms with Crippen LogP contribution in [0.1, 0.15) is 24.1 Å². The fourth-order valence-corrected chi connectivity index (χ4v) is 4.78. The zero-order valence-electron chi connectivity index (χ0n) is 19.3. The molecule has 0 radical (unpaired) electrons. The van der Waals surface area contributed by atoms with E-state index in [-0.39, 0.29) is 5.91 Å². The van der Waals surface area contributed by atoms with Crippen LogP contribution in [-0.2, 0) is 10.5 Å². The van der Waals surface area contributed by atoms with E-state index in [9.17, 15) is 4.79 Å². The number of thioether (sulfide) groups is 1. The number of methoxy groups -OCH3 is 1. The molecule has 0 aliphatic carbocycles. The van der Waals surface area contributed by atoms with Crippen LogP contribution in [0.25, 0.3) is 0 Å². The summed E-state index contributed by atoms with van der Waals surface area (Å²) in [5.41, 5.74) is 3.85. The first-order valence-electron chi connectivity index (χ1n) is 11.1. The summed E-state index contributed by atoms with van der Waals surface area (Å²) >= 11 is 1.55. The first-order chi connectivity index (χ1) is 17.1. The van der Waals surface area contributed by atoms with Crippen LogP contribution in [0.15, 0.2) is 95.6 Å². The van der Waals surface area contributed by atoms with Crippen molar-refractivity contribution in [3.05, 3.63) is 102 Å². The van der Waals surface area contributed by atoms with Crippen molar-refractivity contribution in [3.8, 4) is 5.75 Å². The zero-order chi connectivity index (χ0) is 24.2. The Morgan fingerprint density at radius 1 is 1.11 bits per heavy atom. The standard InChI is InChI=1S/C26H24N6O2S/c1-17-22(24(33)29-20-12-6-7-13-21(20)34-2)23(19-11-8-14-27-15-19)32-25(28-17)30-26(31-32)35-16-18-9-4-3-5-10-18/h3-15,23H,16H2,1-2H3,(H,29,33)(H,28,30,31)/t23-/m0/s1. The molecule has 176 valence electrons. The van der Waals surface area contributed by atoms with Gasteiger partial charge >= 0.3 is 0 Å². The number of aromatic nitrogens is 4.